The Hall–Kier alpha value is -4.04. The number of carbonyl (C=O) groups is 2. The highest BCUT2D eigenvalue weighted by Crippen LogP contribution is 2.37. The maximum atomic E-state index is 13.7. The fourth-order valence-corrected chi connectivity index (χ4v) is 4.55. The molecule has 1 fully saturated rings. The Bertz CT molecular complexity index is 1210. The van der Waals surface area contributed by atoms with E-state index in [4.69, 9.17) is 0 Å². The number of imide groups is 1. The van der Waals surface area contributed by atoms with Crippen molar-refractivity contribution in [2.45, 2.75) is 12.1 Å². The lowest BCUT2D eigenvalue weighted by Gasteiger charge is -2.27. The van der Waals surface area contributed by atoms with Gasteiger partial charge in [-0.05, 0) is 23.3 Å². The average molecular weight is 442 g/mol. The van der Waals surface area contributed by atoms with Crippen molar-refractivity contribution in [1.29, 1.82) is 0 Å². The maximum absolute atomic E-state index is 13.7. The van der Waals surface area contributed by atoms with Crippen molar-refractivity contribution in [3.05, 3.63) is 107 Å². The minimum atomic E-state index is -1.28. The molecule has 2 N–H and O–H groups in total. The fraction of sp³-hybridized carbons (Fsp3) is 0.0833. The van der Waals surface area contributed by atoms with Crippen molar-refractivity contribution in [2.75, 3.05) is 5.32 Å². The Morgan fingerprint density at radius 2 is 1.38 bits per heavy atom. The first-order valence-corrected chi connectivity index (χ1v) is 10.9. The Labute approximate surface area is 188 Å². The van der Waals surface area contributed by atoms with E-state index in [0.29, 0.717) is 21.3 Å². The van der Waals surface area contributed by atoms with Crippen LogP contribution in [0.2, 0.25) is 0 Å². The van der Waals surface area contributed by atoms with Gasteiger partial charge in [-0.15, -0.1) is 10.2 Å². The molecule has 2 heterocycles. The van der Waals surface area contributed by atoms with Crippen molar-refractivity contribution >= 4 is 34.1 Å². The first-order valence-electron chi connectivity index (χ1n) is 10.1. The maximum Gasteiger partial charge on any atom is 0.325 e. The molecule has 3 aromatic carbocycles. The predicted molar refractivity (Wildman–Crippen MR) is 122 cm³/mol. The van der Waals surface area contributed by atoms with Crippen molar-refractivity contribution in [1.82, 2.24) is 20.4 Å². The quantitative estimate of drug-likeness (QED) is 0.436. The van der Waals surface area contributed by atoms with Gasteiger partial charge in [0.05, 0.1) is 6.54 Å². The number of para-hydroxylation sites is 1. The second-order valence-electron chi connectivity index (χ2n) is 7.30. The van der Waals surface area contributed by atoms with Gasteiger partial charge in [-0.25, -0.2) is 4.79 Å². The van der Waals surface area contributed by atoms with Crippen LogP contribution in [0.1, 0.15) is 16.1 Å². The number of rotatable bonds is 6. The van der Waals surface area contributed by atoms with Gasteiger partial charge in [-0.2, -0.15) is 0 Å². The molecule has 1 saturated heterocycles. The van der Waals surface area contributed by atoms with E-state index >= 15 is 0 Å². The van der Waals surface area contributed by atoms with Gasteiger partial charge in [0.15, 0.2) is 5.54 Å². The normalized spacial score (nSPS) is 14.9. The third kappa shape index (κ3) is 3.50. The Balaban J connectivity index is 1.44. The van der Waals surface area contributed by atoms with Crippen molar-refractivity contribution in [3.63, 3.8) is 0 Å². The van der Waals surface area contributed by atoms with E-state index in [1.807, 2.05) is 91.0 Å². The zero-order chi connectivity index (χ0) is 22.0. The van der Waals surface area contributed by atoms with E-state index in [1.165, 1.54) is 16.2 Å². The number of nitrogens with zero attached hydrogens (tertiary/aromatic N) is 3. The lowest BCUT2D eigenvalue weighted by atomic mass is 9.82. The topological polar surface area (TPSA) is 87.2 Å². The SMILES string of the molecule is O=C1NC(c2ccccc2)(c2ccccc2)C(=O)N1Cc1nnc(Nc2ccccc2)s1. The monoisotopic (exact) mass is 441 g/mol. The molecule has 0 saturated carbocycles. The zero-order valence-corrected chi connectivity index (χ0v) is 17.8. The summed E-state index contributed by atoms with van der Waals surface area (Å²) < 4.78 is 0. The third-order valence-corrected chi connectivity index (χ3v) is 6.13. The molecule has 0 spiro atoms. The predicted octanol–water partition coefficient (Wildman–Crippen LogP) is 4.28. The van der Waals surface area contributed by atoms with Crippen LogP contribution in [0.25, 0.3) is 0 Å². The zero-order valence-electron chi connectivity index (χ0n) is 16.9. The summed E-state index contributed by atoms with van der Waals surface area (Å²) in [6.07, 6.45) is 0. The molecule has 4 aromatic rings. The van der Waals surface area contributed by atoms with Gasteiger partial charge in [0.2, 0.25) is 5.13 Å². The fourth-order valence-electron chi connectivity index (χ4n) is 3.80. The van der Waals surface area contributed by atoms with Crippen LogP contribution < -0.4 is 10.6 Å². The van der Waals surface area contributed by atoms with Gasteiger partial charge in [0.25, 0.3) is 5.91 Å². The van der Waals surface area contributed by atoms with E-state index in [-0.39, 0.29) is 12.5 Å². The number of benzene rings is 3. The number of amides is 3. The van der Waals surface area contributed by atoms with Crippen molar-refractivity contribution in [2.24, 2.45) is 0 Å². The van der Waals surface area contributed by atoms with Crippen LogP contribution in [0.15, 0.2) is 91.0 Å². The number of nitrogens with one attached hydrogen (secondary N) is 2. The average Bonchev–Trinajstić information content (AvgIpc) is 3.38. The molecule has 32 heavy (non-hydrogen) atoms. The summed E-state index contributed by atoms with van der Waals surface area (Å²) in [6.45, 7) is 0.0419. The number of anilines is 2. The molecular weight excluding hydrogens is 422 g/mol. The highest BCUT2D eigenvalue weighted by molar-refractivity contribution is 7.15. The molecule has 7 nitrogen and oxygen atoms in total. The lowest BCUT2D eigenvalue weighted by Crippen LogP contribution is -2.45. The number of hydrogen-bond donors (Lipinski definition) is 2. The Kier molecular flexibility index (Phi) is 5.12. The summed E-state index contributed by atoms with van der Waals surface area (Å²) >= 11 is 1.30. The van der Waals surface area contributed by atoms with E-state index in [0.717, 1.165) is 5.69 Å². The highest BCUT2D eigenvalue weighted by Gasteiger charge is 2.53. The molecular formula is C24H19N5O2S. The van der Waals surface area contributed by atoms with Crippen LogP contribution in [0.5, 0.6) is 0 Å². The molecule has 5 rings (SSSR count). The smallest absolute Gasteiger partial charge is 0.325 e. The van der Waals surface area contributed by atoms with Gasteiger partial charge in [0, 0.05) is 5.69 Å². The molecule has 8 heteroatoms. The molecule has 0 aliphatic carbocycles. The standard InChI is InChI=1S/C24H19N5O2S/c30-21-24(17-10-4-1-5-11-17,18-12-6-2-7-13-18)26-23(31)29(21)16-20-27-28-22(32-20)25-19-14-8-3-9-15-19/h1-15H,16H2,(H,25,28)(H,26,31). The van der Waals surface area contributed by atoms with Gasteiger partial charge in [0.1, 0.15) is 5.01 Å². The van der Waals surface area contributed by atoms with E-state index in [9.17, 15) is 9.59 Å². The minimum Gasteiger partial charge on any atom is -0.330 e. The van der Waals surface area contributed by atoms with Crippen LogP contribution in [0, 0.1) is 0 Å². The molecule has 0 unspecified atom stereocenters. The van der Waals surface area contributed by atoms with Gasteiger partial charge in [-0.3, -0.25) is 9.69 Å². The van der Waals surface area contributed by atoms with E-state index in [1.54, 1.807) is 0 Å². The van der Waals surface area contributed by atoms with E-state index in [2.05, 4.69) is 20.8 Å². The van der Waals surface area contributed by atoms with Crippen molar-refractivity contribution in [3.8, 4) is 0 Å². The van der Waals surface area contributed by atoms with Crippen LogP contribution in [-0.4, -0.2) is 27.0 Å². The Morgan fingerprint density at radius 1 is 0.812 bits per heavy atom. The largest absolute Gasteiger partial charge is 0.330 e. The van der Waals surface area contributed by atoms with Crippen LogP contribution in [0.4, 0.5) is 15.6 Å². The van der Waals surface area contributed by atoms with E-state index < -0.39 is 11.6 Å². The van der Waals surface area contributed by atoms with Gasteiger partial charge >= 0.3 is 6.03 Å². The molecule has 1 aromatic heterocycles. The molecule has 0 atom stereocenters. The first kappa shape index (κ1) is 19.9. The summed E-state index contributed by atoms with van der Waals surface area (Å²) in [6, 6.07) is 27.7. The van der Waals surface area contributed by atoms with Crippen molar-refractivity contribution < 1.29 is 9.59 Å². The van der Waals surface area contributed by atoms with Crippen LogP contribution in [0.3, 0.4) is 0 Å². The van der Waals surface area contributed by atoms with Crippen LogP contribution in [-0.2, 0) is 16.9 Å². The highest BCUT2D eigenvalue weighted by atomic mass is 32.1. The number of hydrogen-bond acceptors (Lipinski definition) is 6. The summed E-state index contributed by atoms with van der Waals surface area (Å²) in [5.41, 5.74) is 1.01. The second-order valence-corrected chi connectivity index (χ2v) is 8.36. The molecule has 3 amide bonds. The lowest BCUT2D eigenvalue weighted by molar-refractivity contribution is -0.130. The summed E-state index contributed by atoms with van der Waals surface area (Å²) in [5.74, 6) is -0.340. The molecule has 0 radical (unpaired) electrons. The second kappa shape index (κ2) is 8.24. The first-order chi connectivity index (χ1) is 15.7. The van der Waals surface area contributed by atoms with Gasteiger partial charge in [-0.1, -0.05) is 90.2 Å². The van der Waals surface area contributed by atoms with Crippen LogP contribution >= 0.6 is 11.3 Å². The molecule has 0 bridgehead atoms. The third-order valence-electron chi connectivity index (χ3n) is 5.30. The number of aromatic nitrogens is 2. The number of urea groups is 1. The molecule has 1 aliphatic rings. The number of carbonyl (C=O) groups excluding carboxylic acids is 2. The van der Waals surface area contributed by atoms with Gasteiger partial charge < -0.3 is 10.6 Å². The minimum absolute atomic E-state index is 0.0419. The molecule has 158 valence electrons. The summed E-state index contributed by atoms with van der Waals surface area (Å²) in [5, 5.41) is 15.6. The summed E-state index contributed by atoms with van der Waals surface area (Å²) in [4.78, 5) is 27.9. The Morgan fingerprint density at radius 3 is 1.97 bits per heavy atom. The summed E-state index contributed by atoms with van der Waals surface area (Å²) in [7, 11) is 0. The molecule has 1 aliphatic heterocycles.